The van der Waals surface area contributed by atoms with Crippen molar-refractivity contribution < 1.29 is 9.53 Å². The number of hydrogen-bond donors (Lipinski definition) is 0. The number of esters is 1. The molecule has 0 aliphatic heterocycles. The lowest BCUT2D eigenvalue weighted by atomic mass is 9.73. The Hall–Kier alpha value is -2.09. The summed E-state index contributed by atoms with van der Waals surface area (Å²) in [5.74, 6) is 0.0586. The summed E-state index contributed by atoms with van der Waals surface area (Å²) in [4.78, 5) is 12.4. The Morgan fingerprint density at radius 2 is 1.62 bits per heavy atom. The lowest BCUT2D eigenvalue weighted by Crippen LogP contribution is -2.31. The van der Waals surface area contributed by atoms with Crippen LogP contribution in [0.3, 0.4) is 0 Å². The van der Waals surface area contributed by atoms with Gasteiger partial charge in [-0.3, -0.25) is 4.79 Å². The third-order valence-corrected chi connectivity index (χ3v) is 4.30. The fraction of sp³-hybridized carbons (Fsp3) is 0.316. The van der Waals surface area contributed by atoms with Gasteiger partial charge in [-0.2, -0.15) is 0 Å². The quantitative estimate of drug-likeness (QED) is 0.800. The van der Waals surface area contributed by atoms with Gasteiger partial charge in [0.25, 0.3) is 0 Å². The highest BCUT2D eigenvalue weighted by atomic mass is 16.5. The first-order valence-electron chi connectivity index (χ1n) is 7.58. The highest BCUT2D eigenvalue weighted by Crippen LogP contribution is 2.37. The van der Waals surface area contributed by atoms with Crippen LogP contribution in [0.1, 0.15) is 29.5 Å². The van der Waals surface area contributed by atoms with Gasteiger partial charge >= 0.3 is 5.97 Å². The lowest BCUT2D eigenvalue weighted by molar-refractivity contribution is -0.149. The standard InChI is InChI=1S/C19H20O2/c1-2-21-19(20)18-13-16-11-7-6-10-15(16)12-17(18)14-8-4-3-5-9-14/h3-11,17-18H,2,12-13H2,1H3/t17-,18+/m1/s1. The number of rotatable bonds is 3. The van der Waals surface area contributed by atoms with E-state index in [1.165, 1.54) is 16.7 Å². The molecule has 0 aromatic heterocycles. The van der Waals surface area contributed by atoms with Crippen molar-refractivity contribution in [2.75, 3.05) is 6.61 Å². The fourth-order valence-corrected chi connectivity index (χ4v) is 3.26. The highest BCUT2D eigenvalue weighted by Gasteiger charge is 2.35. The largest absolute Gasteiger partial charge is 0.466 e. The maximum Gasteiger partial charge on any atom is 0.309 e. The van der Waals surface area contributed by atoms with Gasteiger partial charge in [-0.1, -0.05) is 54.6 Å². The highest BCUT2D eigenvalue weighted by molar-refractivity contribution is 5.75. The van der Waals surface area contributed by atoms with Gasteiger partial charge in [-0.05, 0) is 36.5 Å². The third-order valence-electron chi connectivity index (χ3n) is 4.30. The van der Waals surface area contributed by atoms with E-state index in [9.17, 15) is 4.79 Å². The second-order valence-electron chi connectivity index (χ2n) is 5.55. The molecule has 0 saturated carbocycles. The van der Waals surface area contributed by atoms with Gasteiger partial charge in [-0.25, -0.2) is 0 Å². The average molecular weight is 280 g/mol. The summed E-state index contributed by atoms with van der Waals surface area (Å²) < 4.78 is 5.31. The van der Waals surface area contributed by atoms with Crippen LogP contribution in [0.2, 0.25) is 0 Å². The molecule has 1 aliphatic rings. The molecule has 0 N–H and O–H groups in total. The summed E-state index contributed by atoms with van der Waals surface area (Å²) in [7, 11) is 0. The van der Waals surface area contributed by atoms with Crippen molar-refractivity contribution in [3.05, 3.63) is 71.3 Å². The van der Waals surface area contributed by atoms with Crippen LogP contribution in [0.5, 0.6) is 0 Å². The van der Waals surface area contributed by atoms with Crippen molar-refractivity contribution in [3.8, 4) is 0 Å². The van der Waals surface area contributed by atoms with Gasteiger partial charge in [0.2, 0.25) is 0 Å². The van der Waals surface area contributed by atoms with E-state index in [0.29, 0.717) is 6.61 Å². The van der Waals surface area contributed by atoms with Crippen molar-refractivity contribution in [1.29, 1.82) is 0 Å². The second kappa shape index (κ2) is 6.13. The first-order valence-corrected chi connectivity index (χ1v) is 7.58. The Morgan fingerprint density at radius 3 is 2.29 bits per heavy atom. The number of hydrogen-bond acceptors (Lipinski definition) is 2. The molecular formula is C19H20O2. The van der Waals surface area contributed by atoms with Crippen molar-refractivity contribution in [1.82, 2.24) is 0 Å². The smallest absolute Gasteiger partial charge is 0.309 e. The minimum Gasteiger partial charge on any atom is -0.466 e. The van der Waals surface area contributed by atoms with E-state index in [-0.39, 0.29) is 17.8 Å². The topological polar surface area (TPSA) is 26.3 Å². The van der Waals surface area contributed by atoms with Gasteiger partial charge in [0.1, 0.15) is 0 Å². The van der Waals surface area contributed by atoms with Gasteiger partial charge < -0.3 is 4.74 Å². The SMILES string of the molecule is CCOC(=O)[C@H]1Cc2ccccc2C[C@@H]1c1ccccc1. The molecule has 0 unspecified atom stereocenters. The van der Waals surface area contributed by atoms with Crippen molar-refractivity contribution in [3.63, 3.8) is 0 Å². The zero-order valence-corrected chi connectivity index (χ0v) is 12.3. The van der Waals surface area contributed by atoms with Gasteiger partial charge in [0.15, 0.2) is 0 Å². The maximum absolute atomic E-state index is 12.4. The van der Waals surface area contributed by atoms with Crippen LogP contribution in [0, 0.1) is 5.92 Å². The Morgan fingerprint density at radius 1 is 1.00 bits per heavy atom. The van der Waals surface area contributed by atoms with Crippen LogP contribution in [0.4, 0.5) is 0 Å². The molecule has 0 bridgehead atoms. The van der Waals surface area contributed by atoms with E-state index in [1.54, 1.807) is 0 Å². The predicted molar refractivity (Wildman–Crippen MR) is 83.2 cm³/mol. The minimum atomic E-state index is -0.0813. The minimum absolute atomic E-state index is 0.0687. The first kappa shape index (κ1) is 13.9. The molecule has 0 amide bonds. The van der Waals surface area contributed by atoms with Gasteiger partial charge in [0, 0.05) is 5.92 Å². The summed E-state index contributed by atoms with van der Waals surface area (Å²) in [5, 5.41) is 0. The fourth-order valence-electron chi connectivity index (χ4n) is 3.26. The van der Waals surface area contributed by atoms with Crippen molar-refractivity contribution >= 4 is 5.97 Å². The van der Waals surface area contributed by atoms with Crippen LogP contribution in [-0.4, -0.2) is 12.6 Å². The summed E-state index contributed by atoms with van der Waals surface area (Å²) in [5.41, 5.74) is 3.86. The molecule has 2 aromatic carbocycles. The number of benzene rings is 2. The Balaban J connectivity index is 1.96. The molecule has 0 spiro atoms. The van der Waals surface area contributed by atoms with Crippen LogP contribution >= 0.6 is 0 Å². The number of ether oxygens (including phenoxy) is 1. The van der Waals surface area contributed by atoms with Gasteiger partial charge in [0.05, 0.1) is 12.5 Å². The molecular weight excluding hydrogens is 260 g/mol. The summed E-state index contributed by atoms with van der Waals surface area (Å²) in [6, 6.07) is 18.7. The molecule has 2 heteroatoms. The van der Waals surface area contributed by atoms with Crippen LogP contribution < -0.4 is 0 Å². The molecule has 0 heterocycles. The molecule has 21 heavy (non-hydrogen) atoms. The number of carbonyl (C=O) groups excluding carboxylic acids is 1. The van der Waals surface area contributed by atoms with Crippen molar-refractivity contribution in [2.24, 2.45) is 5.92 Å². The molecule has 2 atom stereocenters. The monoisotopic (exact) mass is 280 g/mol. The van der Waals surface area contributed by atoms with E-state index in [1.807, 2.05) is 31.2 Å². The molecule has 1 aliphatic carbocycles. The average Bonchev–Trinajstić information content (AvgIpc) is 2.54. The van der Waals surface area contributed by atoms with Crippen LogP contribution in [0.15, 0.2) is 54.6 Å². The maximum atomic E-state index is 12.4. The number of fused-ring (bicyclic) bond motifs is 1. The lowest BCUT2D eigenvalue weighted by Gasteiger charge is -2.32. The van der Waals surface area contributed by atoms with E-state index in [4.69, 9.17) is 4.74 Å². The van der Waals surface area contributed by atoms with E-state index < -0.39 is 0 Å². The number of carbonyl (C=O) groups is 1. The Kier molecular flexibility index (Phi) is 4.05. The molecule has 2 nitrogen and oxygen atoms in total. The van der Waals surface area contributed by atoms with E-state index in [0.717, 1.165) is 12.8 Å². The molecule has 2 aromatic rings. The van der Waals surface area contributed by atoms with Crippen LogP contribution in [-0.2, 0) is 22.4 Å². The molecule has 0 saturated heterocycles. The van der Waals surface area contributed by atoms with Gasteiger partial charge in [-0.15, -0.1) is 0 Å². The van der Waals surface area contributed by atoms with Crippen LogP contribution in [0.25, 0.3) is 0 Å². The second-order valence-corrected chi connectivity index (χ2v) is 5.55. The van der Waals surface area contributed by atoms with E-state index in [2.05, 4.69) is 30.3 Å². The molecule has 0 fully saturated rings. The summed E-state index contributed by atoms with van der Waals surface area (Å²) >= 11 is 0. The summed E-state index contributed by atoms with van der Waals surface area (Å²) in [6.45, 7) is 2.31. The summed E-state index contributed by atoms with van der Waals surface area (Å²) in [6.07, 6.45) is 1.68. The normalized spacial score (nSPS) is 20.6. The predicted octanol–water partition coefficient (Wildman–Crippen LogP) is 3.75. The molecule has 3 rings (SSSR count). The van der Waals surface area contributed by atoms with E-state index >= 15 is 0 Å². The zero-order chi connectivity index (χ0) is 14.7. The first-order chi connectivity index (χ1) is 10.3. The molecule has 0 radical (unpaired) electrons. The van der Waals surface area contributed by atoms with Crippen molar-refractivity contribution in [2.45, 2.75) is 25.7 Å². The molecule has 108 valence electrons. The zero-order valence-electron chi connectivity index (χ0n) is 12.3. The third kappa shape index (κ3) is 2.85. The Bertz CT molecular complexity index is 618. The Labute approximate surface area is 125 Å².